The van der Waals surface area contributed by atoms with Crippen molar-refractivity contribution in [3.8, 4) is 0 Å². The van der Waals surface area contributed by atoms with Crippen molar-refractivity contribution < 1.29 is 0 Å². The van der Waals surface area contributed by atoms with Crippen LogP contribution in [0.3, 0.4) is 0 Å². The number of hydrogen-bond acceptors (Lipinski definition) is 1. The molecule has 1 N–H and O–H groups in total. The van der Waals surface area contributed by atoms with Crippen LogP contribution in [0.5, 0.6) is 0 Å². The Balaban J connectivity index is 2.27. The van der Waals surface area contributed by atoms with Crippen molar-refractivity contribution in [1.29, 1.82) is 0 Å². The molecular weight excluding hydrogens is 194 g/mol. The van der Waals surface area contributed by atoms with Gasteiger partial charge in [0.05, 0.1) is 0 Å². The zero-order chi connectivity index (χ0) is 11.1. The van der Waals surface area contributed by atoms with Crippen molar-refractivity contribution in [2.45, 2.75) is 25.8 Å². The summed E-state index contributed by atoms with van der Waals surface area (Å²) in [6.07, 6.45) is 4.30. The first-order valence-corrected chi connectivity index (χ1v) is 5.99. The second kappa shape index (κ2) is 3.60. The standard InChI is InChI=1S/C15H17N/c1-3-12-10(2)9-14-15-11(7-8-16-14)5-4-6-13(12)15/h3-6,14,16H,1,7-9H2,2H3. The van der Waals surface area contributed by atoms with E-state index in [4.69, 9.17) is 0 Å². The topological polar surface area (TPSA) is 12.0 Å². The van der Waals surface area contributed by atoms with Gasteiger partial charge >= 0.3 is 0 Å². The molecular formula is C15H17N. The summed E-state index contributed by atoms with van der Waals surface area (Å²) < 4.78 is 0. The molecule has 1 nitrogen and oxygen atoms in total. The highest BCUT2D eigenvalue weighted by Crippen LogP contribution is 2.40. The summed E-state index contributed by atoms with van der Waals surface area (Å²) >= 11 is 0. The van der Waals surface area contributed by atoms with Crippen molar-refractivity contribution in [2.24, 2.45) is 0 Å². The molecule has 0 bridgehead atoms. The number of hydrogen-bond donors (Lipinski definition) is 1. The minimum absolute atomic E-state index is 0.531. The molecule has 0 spiro atoms. The smallest absolute Gasteiger partial charge is 0.0366 e. The average Bonchev–Trinajstić information content (AvgIpc) is 2.30. The van der Waals surface area contributed by atoms with E-state index in [9.17, 15) is 0 Å². The number of allylic oxidation sites excluding steroid dienone is 2. The molecule has 1 atom stereocenters. The van der Waals surface area contributed by atoms with Crippen LogP contribution in [0.4, 0.5) is 0 Å². The van der Waals surface area contributed by atoms with Crippen molar-refractivity contribution in [3.63, 3.8) is 0 Å². The molecule has 1 heterocycles. The predicted molar refractivity (Wildman–Crippen MR) is 68.3 cm³/mol. The lowest BCUT2D eigenvalue weighted by Gasteiger charge is -2.34. The summed E-state index contributed by atoms with van der Waals surface area (Å²) in [5, 5.41) is 3.62. The van der Waals surface area contributed by atoms with Gasteiger partial charge in [-0.1, -0.05) is 36.4 Å². The van der Waals surface area contributed by atoms with E-state index in [2.05, 4.69) is 37.0 Å². The van der Waals surface area contributed by atoms with Gasteiger partial charge in [0.2, 0.25) is 0 Å². The Labute approximate surface area is 96.9 Å². The molecule has 82 valence electrons. The van der Waals surface area contributed by atoms with Crippen molar-refractivity contribution in [3.05, 3.63) is 53.1 Å². The summed E-state index contributed by atoms with van der Waals surface area (Å²) in [6.45, 7) is 7.29. The Morgan fingerprint density at radius 1 is 1.44 bits per heavy atom. The van der Waals surface area contributed by atoms with E-state index in [1.54, 1.807) is 0 Å². The van der Waals surface area contributed by atoms with Crippen molar-refractivity contribution in [2.75, 3.05) is 6.54 Å². The van der Waals surface area contributed by atoms with Gasteiger partial charge in [-0.05, 0) is 48.6 Å². The molecule has 1 aliphatic carbocycles. The highest BCUT2D eigenvalue weighted by Gasteiger charge is 2.27. The molecule has 0 fully saturated rings. The maximum absolute atomic E-state index is 3.95. The zero-order valence-electron chi connectivity index (χ0n) is 9.72. The van der Waals surface area contributed by atoms with Gasteiger partial charge in [0.15, 0.2) is 0 Å². The van der Waals surface area contributed by atoms with Crippen molar-refractivity contribution in [1.82, 2.24) is 5.32 Å². The van der Waals surface area contributed by atoms with E-state index in [0.29, 0.717) is 6.04 Å². The lowest BCUT2D eigenvalue weighted by molar-refractivity contribution is 0.496. The predicted octanol–water partition coefficient (Wildman–Crippen LogP) is 3.24. The number of nitrogens with one attached hydrogen (secondary N) is 1. The van der Waals surface area contributed by atoms with Gasteiger partial charge in [0.25, 0.3) is 0 Å². The summed E-state index contributed by atoms with van der Waals surface area (Å²) in [7, 11) is 0. The fourth-order valence-electron chi connectivity index (χ4n) is 3.06. The molecule has 1 aliphatic heterocycles. The number of benzene rings is 1. The summed E-state index contributed by atoms with van der Waals surface area (Å²) in [5.41, 5.74) is 7.24. The van der Waals surface area contributed by atoms with Crippen LogP contribution in [0.2, 0.25) is 0 Å². The van der Waals surface area contributed by atoms with Gasteiger partial charge in [-0.3, -0.25) is 0 Å². The van der Waals surface area contributed by atoms with E-state index >= 15 is 0 Å². The summed E-state index contributed by atoms with van der Waals surface area (Å²) in [6, 6.07) is 7.22. The minimum Gasteiger partial charge on any atom is -0.309 e. The van der Waals surface area contributed by atoms with E-state index < -0.39 is 0 Å². The van der Waals surface area contributed by atoms with Gasteiger partial charge in [0, 0.05) is 6.04 Å². The molecule has 0 saturated heterocycles. The minimum atomic E-state index is 0.531. The quantitative estimate of drug-likeness (QED) is 0.752. The van der Waals surface area contributed by atoms with Crippen molar-refractivity contribution >= 4 is 5.57 Å². The molecule has 0 saturated carbocycles. The van der Waals surface area contributed by atoms with Crippen LogP contribution < -0.4 is 5.32 Å². The van der Waals surface area contributed by atoms with Gasteiger partial charge in [-0.15, -0.1) is 0 Å². The molecule has 1 aromatic rings. The highest BCUT2D eigenvalue weighted by atomic mass is 14.9. The lowest BCUT2D eigenvalue weighted by Crippen LogP contribution is -2.32. The maximum atomic E-state index is 3.95. The van der Waals surface area contributed by atoms with E-state index in [0.717, 1.165) is 19.4 Å². The Morgan fingerprint density at radius 3 is 3.12 bits per heavy atom. The summed E-state index contributed by atoms with van der Waals surface area (Å²) in [5.74, 6) is 0. The lowest BCUT2D eigenvalue weighted by atomic mass is 9.78. The van der Waals surface area contributed by atoms with Crippen LogP contribution in [0, 0.1) is 0 Å². The average molecular weight is 211 g/mol. The second-order valence-electron chi connectivity index (χ2n) is 4.74. The maximum Gasteiger partial charge on any atom is 0.0366 e. The van der Waals surface area contributed by atoms with Crippen LogP contribution in [0.25, 0.3) is 5.57 Å². The largest absolute Gasteiger partial charge is 0.309 e. The van der Waals surface area contributed by atoms with Crippen LogP contribution in [0.1, 0.15) is 36.1 Å². The molecule has 1 aromatic carbocycles. The van der Waals surface area contributed by atoms with E-state index in [-0.39, 0.29) is 0 Å². The van der Waals surface area contributed by atoms with Crippen LogP contribution >= 0.6 is 0 Å². The highest BCUT2D eigenvalue weighted by molar-refractivity contribution is 5.80. The third-order valence-electron chi connectivity index (χ3n) is 3.79. The van der Waals surface area contributed by atoms with Gasteiger partial charge in [-0.2, -0.15) is 0 Å². The monoisotopic (exact) mass is 211 g/mol. The molecule has 16 heavy (non-hydrogen) atoms. The van der Waals surface area contributed by atoms with Gasteiger partial charge < -0.3 is 5.32 Å². The molecule has 0 amide bonds. The first-order valence-electron chi connectivity index (χ1n) is 5.99. The third-order valence-corrected chi connectivity index (χ3v) is 3.79. The van der Waals surface area contributed by atoms with E-state index in [1.807, 2.05) is 6.08 Å². The Kier molecular flexibility index (Phi) is 2.22. The molecule has 3 rings (SSSR count). The number of rotatable bonds is 1. The Morgan fingerprint density at radius 2 is 2.31 bits per heavy atom. The van der Waals surface area contributed by atoms with Crippen LogP contribution in [0.15, 0.2) is 36.4 Å². The SMILES string of the molecule is C=CC1=C(C)CC2NCCc3cccc1c32. The normalized spacial score (nSPS) is 22.9. The molecule has 2 aliphatic rings. The Hall–Kier alpha value is -1.34. The summed E-state index contributed by atoms with van der Waals surface area (Å²) in [4.78, 5) is 0. The molecule has 1 heteroatoms. The first kappa shape index (κ1) is 9.86. The van der Waals surface area contributed by atoms with Gasteiger partial charge in [-0.25, -0.2) is 0 Å². The molecule has 0 radical (unpaired) electrons. The van der Waals surface area contributed by atoms with Crippen LogP contribution in [-0.2, 0) is 6.42 Å². The Bertz CT molecular complexity index is 482. The first-order chi connectivity index (χ1) is 7.81. The zero-order valence-corrected chi connectivity index (χ0v) is 9.72. The fourth-order valence-corrected chi connectivity index (χ4v) is 3.06. The van der Waals surface area contributed by atoms with Crippen LogP contribution in [-0.4, -0.2) is 6.54 Å². The second-order valence-corrected chi connectivity index (χ2v) is 4.74. The fraction of sp³-hybridized carbons (Fsp3) is 0.333. The van der Waals surface area contributed by atoms with E-state index in [1.165, 1.54) is 27.8 Å². The molecule has 0 aromatic heterocycles. The molecule has 1 unspecified atom stereocenters. The van der Waals surface area contributed by atoms with Gasteiger partial charge in [0.1, 0.15) is 0 Å². The third kappa shape index (κ3) is 1.28.